The van der Waals surface area contributed by atoms with Crippen molar-refractivity contribution in [3.8, 4) is 0 Å². The molecule has 0 aliphatic rings. The number of rotatable bonds is 1. The van der Waals surface area contributed by atoms with Gasteiger partial charge in [-0.3, -0.25) is 0 Å². The van der Waals surface area contributed by atoms with Gasteiger partial charge in [0.2, 0.25) is 0 Å². The molecule has 0 bridgehead atoms. The highest BCUT2D eigenvalue weighted by molar-refractivity contribution is 5.87. The maximum Gasteiger partial charge on any atom is 0.151 e. The molecule has 3 N–H and O–H groups in total. The topological polar surface area (TPSA) is 64.1 Å². The van der Waals surface area contributed by atoms with E-state index < -0.39 is 0 Å². The molecular formula is C7H7N3O. The van der Waals surface area contributed by atoms with Crippen molar-refractivity contribution in [3.63, 3.8) is 0 Å². The minimum Gasteiger partial charge on any atom is -0.464 e. The van der Waals surface area contributed by atoms with E-state index in [0.717, 1.165) is 11.0 Å². The third kappa shape index (κ3) is 0.841. The van der Waals surface area contributed by atoms with Crippen molar-refractivity contribution in [1.82, 2.24) is 4.98 Å². The van der Waals surface area contributed by atoms with Gasteiger partial charge in [0.25, 0.3) is 0 Å². The number of nitrogen functional groups attached to an aromatic ring is 1. The number of fused-ring (bicyclic) bond motifs is 1. The van der Waals surface area contributed by atoms with Crippen LogP contribution in [0.1, 0.15) is 0 Å². The predicted molar refractivity (Wildman–Crippen MR) is 41.8 cm³/mol. The van der Waals surface area contributed by atoms with Crippen LogP contribution >= 0.6 is 0 Å². The maximum atomic E-state index is 5.22. The summed E-state index contributed by atoms with van der Waals surface area (Å²) in [4.78, 5) is 4.00. The minimum atomic E-state index is 0.635. The molecule has 0 aliphatic heterocycles. The lowest BCUT2D eigenvalue weighted by molar-refractivity contribution is 0.615. The molecular weight excluding hydrogens is 142 g/mol. The molecule has 2 rings (SSSR count). The molecule has 2 aromatic rings. The molecule has 0 atom stereocenters. The SMILES string of the molecule is NNc1nccc2occc12. The van der Waals surface area contributed by atoms with Crippen LogP contribution < -0.4 is 11.3 Å². The highest BCUT2D eigenvalue weighted by atomic mass is 16.3. The summed E-state index contributed by atoms with van der Waals surface area (Å²) in [5.41, 5.74) is 3.27. The van der Waals surface area contributed by atoms with Crippen LogP contribution in [-0.2, 0) is 0 Å². The lowest BCUT2D eigenvalue weighted by Crippen LogP contribution is -2.08. The molecule has 0 aliphatic carbocycles. The second-order valence-corrected chi connectivity index (χ2v) is 2.14. The van der Waals surface area contributed by atoms with Crippen LogP contribution in [0.2, 0.25) is 0 Å². The van der Waals surface area contributed by atoms with Crippen molar-refractivity contribution in [2.75, 3.05) is 5.43 Å². The largest absolute Gasteiger partial charge is 0.464 e. The smallest absolute Gasteiger partial charge is 0.151 e. The van der Waals surface area contributed by atoms with E-state index in [0.29, 0.717) is 5.82 Å². The van der Waals surface area contributed by atoms with Crippen LogP contribution in [0.5, 0.6) is 0 Å². The molecule has 0 amide bonds. The summed E-state index contributed by atoms with van der Waals surface area (Å²) in [6.07, 6.45) is 3.24. The fraction of sp³-hybridized carbons (Fsp3) is 0. The molecule has 0 fully saturated rings. The Bertz CT molecular complexity index is 368. The van der Waals surface area contributed by atoms with E-state index in [1.807, 2.05) is 6.07 Å². The van der Waals surface area contributed by atoms with Crippen molar-refractivity contribution in [3.05, 3.63) is 24.6 Å². The number of hydrazine groups is 1. The quantitative estimate of drug-likeness (QED) is 0.471. The molecule has 0 spiro atoms. The van der Waals surface area contributed by atoms with Gasteiger partial charge in [0, 0.05) is 6.20 Å². The van der Waals surface area contributed by atoms with E-state index in [1.165, 1.54) is 0 Å². The number of hydrogen-bond donors (Lipinski definition) is 2. The Hall–Kier alpha value is -1.55. The normalized spacial score (nSPS) is 10.3. The van der Waals surface area contributed by atoms with Crippen molar-refractivity contribution < 1.29 is 4.42 Å². The number of pyridine rings is 1. The zero-order valence-corrected chi connectivity index (χ0v) is 5.74. The summed E-state index contributed by atoms with van der Waals surface area (Å²) in [5.74, 6) is 5.86. The third-order valence-corrected chi connectivity index (χ3v) is 1.52. The summed E-state index contributed by atoms with van der Waals surface area (Å²) in [6.45, 7) is 0. The Labute approximate surface area is 63.0 Å². The van der Waals surface area contributed by atoms with Gasteiger partial charge in [-0.1, -0.05) is 0 Å². The average Bonchev–Trinajstić information content (AvgIpc) is 2.50. The first-order chi connectivity index (χ1) is 5.42. The standard InChI is InChI=1S/C7H7N3O/c8-10-7-5-2-4-11-6(5)1-3-9-7/h1-4H,8H2,(H,9,10). The van der Waals surface area contributed by atoms with Gasteiger partial charge >= 0.3 is 0 Å². The van der Waals surface area contributed by atoms with Crippen LogP contribution in [0.15, 0.2) is 29.0 Å². The zero-order valence-electron chi connectivity index (χ0n) is 5.74. The summed E-state index contributed by atoms with van der Waals surface area (Å²) in [6, 6.07) is 3.60. The van der Waals surface area contributed by atoms with Gasteiger partial charge in [-0.2, -0.15) is 0 Å². The lowest BCUT2D eigenvalue weighted by Gasteiger charge is -1.97. The van der Waals surface area contributed by atoms with Crippen molar-refractivity contribution in [2.45, 2.75) is 0 Å². The van der Waals surface area contributed by atoms with E-state index in [1.54, 1.807) is 18.5 Å². The Morgan fingerprint density at radius 3 is 3.18 bits per heavy atom. The van der Waals surface area contributed by atoms with Crippen molar-refractivity contribution in [2.24, 2.45) is 5.84 Å². The highest BCUT2D eigenvalue weighted by Crippen LogP contribution is 2.20. The van der Waals surface area contributed by atoms with Gasteiger partial charge in [0.15, 0.2) is 5.82 Å². The third-order valence-electron chi connectivity index (χ3n) is 1.52. The first-order valence-electron chi connectivity index (χ1n) is 3.20. The van der Waals surface area contributed by atoms with Gasteiger partial charge < -0.3 is 9.84 Å². The van der Waals surface area contributed by atoms with Gasteiger partial charge in [-0.05, 0) is 12.1 Å². The van der Waals surface area contributed by atoms with Gasteiger partial charge in [-0.25, -0.2) is 10.8 Å². The van der Waals surface area contributed by atoms with Crippen LogP contribution in [0.25, 0.3) is 11.0 Å². The van der Waals surface area contributed by atoms with Crippen molar-refractivity contribution in [1.29, 1.82) is 0 Å². The molecule has 2 heterocycles. The van der Waals surface area contributed by atoms with Crippen LogP contribution in [0, 0.1) is 0 Å². The van der Waals surface area contributed by atoms with E-state index in [9.17, 15) is 0 Å². The number of nitrogens with two attached hydrogens (primary N) is 1. The van der Waals surface area contributed by atoms with E-state index in [-0.39, 0.29) is 0 Å². The number of hydrogen-bond acceptors (Lipinski definition) is 4. The summed E-state index contributed by atoms with van der Waals surface area (Å²) in [5, 5.41) is 0.898. The first-order valence-corrected chi connectivity index (χ1v) is 3.20. The van der Waals surface area contributed by atoms with Gasteiger partial charge in [0.1, 0.15) is 5.58 Å². The number of aromatic nitrogens is 1. The molecule has 0 aromatic carbocycles. The highest BCUT2D eigenvalue weighted by Gasteiger charge is 2.00. The van der Waals surface area contributed by atoms with Crippen LogP contribution in [0.3, 0.4) is 0 Å². The molecule has 2 aromatic heterocycles. The molecule has 4 heteroatoms. The molecule has 0 radical (unpaired) electrons. The Balaban J connectivity index is 2.79. The minimum absolute atomic E-state index is 0.635. The maximum absolute atomic E-state index is 5.22. The monoisotopic (exact) mass is 149 g/mol. The Morgan fingerprint density at radius 2 is 2.36 bits per heavy atom. The molecule has 0 unspecified atom stereocenters. The number of furan rings is 1. The van der Waals surface area contributed by atoms with E-state index >= 15 is 0 Å². The van der Waals surface area contributed by atoms with Crippen LogP contribution in [0.4, 0.5) is 5.82 Å². The van der Waals surface area contributed by atoms with Gasteiger partial charge in [0.05, 0.1) is 11.6 Å². The number of nitrogens with one attached hydrogen (secondary N) is 1. The molecule has 4 nitrogen and oxygen atoms in total. The zero-order chi connectivity index (χ0) is 7.68. The molecule has 56 valence electrons. The Morgan fingerprint density at radius 1 is 1.45 bits per heavy atom. The summed E-state index contributed by atoms with van der Waals surface area (Å²) >= 11 is 0. The average molecular weight is 149 g/mol. The number of anilines is 1. The van der Waals surface area contributed by atoms with E-state index in [2.05, 4.69) is 10.4 Å². The second-order valence-electron chi connectivity index (χ2n) is 2.14. The fourth-order valence-corrected chi connectivity index (χ4v) is 1.01. The number of nitrogens with zero attached hydrogens (tertiary/aromatic N) is 1. The van der Waals surface area contributed by atoms with E-state index in [4.69, 9.17) is 10.3 Å². The molecule has 0 saturated heterocycles. The second kappa shape index (κ2) is 2.25. The molecule has 0 saturated carbocycles. The van der Waals surface area contributed by atoms with Crippen LogP contribution in [-0.4, -0.2) is 4.98 Å². The Kier molecular flexibility index (Phi) is 1.26. The lowest BCUT2D eigenvalue weighted by atomic mass is 10.3. The molecule has 11 heavy (non-hydrogen) atoms. The first kappa shape index (κ1) is 6.18. The predicted octanol–water partition coefficient (Wildman–Crippen LogP) is 1.11. The van der Waals surface area contributed by atoms with Crippen molar-refractivity contribution >= 4 is 16.8 Å². The summed E-state index contributed by atoms with van der Waals surface area (Å²) in [7, 11) is 0. The van der Waals surface area contributed by atoms with Gasteiger partial charge in [-0.15, -0.1) is 0 Å². The summed E-state index contributed by atoms with van der Waals surface area (Å²) < 4.78 is 5.12. The fourth-order valence-electron chi connectivity index (χ4n) is 1.01.